The van der Waals surface area contributed by atoms with Crippen LogP contribution < -0.4 is 0 Å². The van der Waals surface area contributed by atoms with Crippen LogP contribution >= 0.6 is 0 Å². The summed E-state index contributed by atoms with van der Waals surface area (Å²) in [7, 11) is -10.9. The Hall–Kier alpha value is 1.83. The van der Waals surface area contributed by atoms with Gasteiger partial charge in [0.1, 0.15) is 0 Å². The van der Waals surface area contributed by atoms with Gasteiger partial charge in [0.2, 0.25) is 0 Å². The van der Waals surface area contributed by atoms with Crippen LogP contribution in [0, 0.1) is 0 Å². The third-order valence-corrected chi connectivity index (χ3v) is 87.3. The van der Waals surface area contributed by atoms with E-state index in [9.17, 15) is 0 Å². The van der Waals surface area contributed by atoms with E-state index in [-0.39, 0.29) is 0 Å². The molecule has 0 rings (SSSR count). The molecule has 0 bridgehead atoms. The van der Waals surface area contributed by atoms with Gasteiger partial charge in [-0.05, 0) is 0 Å². The fourth-order valence-corrected chi connectivity index (χ4v) is 109. The summed E-state index contributed by atoms with van der Waals surface area (Å²) < 4.78 is 2.17. The Morgan fingerprint density at radius 2 is 0.327 bits per heavy atom. The van der Waals surface area contributed by atoms with Gasteiger partial charge in [0.25, 0.3) is 0 Å². The molecule has 0 saturated carbocycles. The summed E-state index contributed by atoms with van der Waals surface area (Å²) in [6.45, 7) is 59.2. The van der Waals surface area contributed by atoms with Crippen molar-refractivity contribution in [1.82, 2.24) is 0 Å². The summed E-state index contributed by atoms with van der Waals surface area (Å²) in [5, 5.41) is 0. The minimum atomic E-state index is -1.82. The molecule has 0 N–H and O–H groups in total. The fraction of sp³-hybridized carbons (Fsp3) is 1.00. The van der Waals surface area contributed by atoms with E-state index in [1.807, 2.05) is 0 Å². The predicted molar refractivity (Wildman–Crippen MR) is 276 cm³/mol. The molecule has 0 spiro atoms. The second-order valence-corrected chi connectivity index (χ2v) is 61.6. The van der Waals surface area contributed by atoms with Gasteiger partial charge < -0.3 is 0 Å². The molecule has 0 aliphatic carbocycles. The van der Waals surface area contributed by atoms with Crippen LogP contribution in [-0.4, -0.2) is 48.4 Å². The molecule has 0 heterocycles. The Balaban J connectivity index is 11.4. The Kier molecular flexibility index (Phi) is 25.3. The zero-order valence-electron chi connectivity index (χ0n) is 42.9. The summed E-state index contributed by atoms with van der Waals surface area (Å²) in [5.41, 5.74) is 0. The van der Waals surface area contributed by atoms with Gasteiger partial charge in [-0.1, -0.05) is 0 Å². The second-order valence-electron chi connectivity index (χ2n) is 19.1. The van der Waals surface area contributed by atoms with Gasteiger partial charge in [0.15, 0.2) is 0 Å². The van der Waals surface area contributed by atoms with Crippen LogP contribution in [0.2, 0.25) is 119 Å². The van der Waals surface area contributed by atoms with Gasteiger partial charge in [-0.15, -0.1) is 0 Å². The molecule has 333 valence electrons. The molecule has 0 saturated heterocycles. The van der Waals surface area contributed by atoms with Crippen molar-refractivity contribution in [2.75, 3.05) is 0 Å². The quantitative estimate of drug-likeness (QED) is 0.0576. The molecule has 0 atom stereocenters. The first-order valence-corrected chi connectivity index (χ1v) is 43.5. The van der Waals surface area contributed by atoms with Crippen LogP contribution in [-0.2, 0) is 14.1 Å². The van der Waals surface area contributed by atoms with Gasteiger partial charge in [0.05, 0.1) is 0 Å². The van der Waals surface area contributed by atoms with Gasteiger partial charge in [0, 0.05) is 0 Å². The number of hydrogen-bond donors (Lipinski definition) is 0. The molecular weight excluding hydrogens is 797 g/mol. The van der Waals surface area contributed by atoms with E-state index in [2.05, 4.69) is 145 Å². The van der Waals surface area contributed by atoms with E-state index in [4.69, 9.17) is 0 Å². The second kappa shape index (κ2) is 24.5. The average Bonchev–Trinajstić information content (AvgIpc) is 3.23. The Morgan fingerprint density at radius 1 is 0.218 bits per heavy atom. The first kappa shape index (κ1) is 56.8. The molecule has 0 unspecified atom stereocenters. The maximum atomic E-state index is 2.83. The van der Waals surface area contributed by atoms with Gasteiger partial charge in [-0.2, -0.15) is 0 Å². The Morgan fingerprint density at radius 3 is 0.400 bits per heavy atom. The average molecular weight is 909 g/mol. The van der Waals surface area contributed by atoms with E-state index in [1.165, 1.54) is 19.3 Å². The van der Waals surface area contributed by atoms with Crippen molar-refractivity contribution < 1.29 is 14.1 Å². The number of hydrogen-bond acceptors (Lipinski definition) is 0. The van der Waals surface area contributed by atoms with Crippen molar-refractivity contribution in [3.05, 3.63) is 0 Å². The molecule has 0 nitrogen and oxygen atoms in total. The third kappa shape index (κ3) is 8.28. The molecule has 0 amide bonds. The number of rotatable bonds is 33. The van der Waals surface area contributed by atoms with Crippen molar-refractivity contribution >= 4 is 48.4 Å². The summed E-state index contributed by atoms with van der Waals surface area (Å²) in [6, 6.07) is 28.4. The Bertz CT molecular complexity index is 781. The van der Waals surface area contributed by atoms with Crippen LogP contribution in [0.1, 0.15) is 184 Å². The molecule has 55 heavy (non-hydrogen) atoms. The first-order chi connectivity index (χ1) is 26.1. The molecule has 7 heteroatoms. The molecule has 0 fully saturated rings. The van der Waals surface area contributed by atoms with Crippen LogP contribution in [0.5, 0.6) is 0 Å². The normalized spacial score (nSPS) is 14.7. The van der Waals surface area contributed by atoms with E-state index < -0.39 is 62.6 Å². The van der Waals surface area contributed by atoms with Crippen molar-refractivity contribution in [1.29, 1.82) is 0 Å². The molecule has 0 aromatic carbocycles. The summed E-state index contributed by atoms with van der Waals surface area (Å²) in [5.74, 6) is 0. The summed E-state index contributed by atoms with van der Waals surface area (Å²) >= 11 is -1.46. The Labute approximate surface area is 363 Å². The molecular formula is C48H111CrSi6. The molecule has 0 radical (unpaired) electrons. The van der Waals surface area contributed by atoms with Crippen molar-refractivity contribution in [2.45, 2.75) is 303 Å². The topological polar surface area (TPSA) is 0 Å². The zero-order chi connectivity index (χ0) is 43.0. The van der Waals surface area contributed by atoms with Crippen LogP contribution in [0.4, 0.5) is 0 Å². The van der Waals surface area contributed by atoms with E-state index in [1.54, 1.807) is 128 Å². The van der Waals surface area contributed by atoms with Crippen molar-refractivity contribution in [3.8, 4) is 0 Å². The third-order valence-electron chi connectivity index (χ3n) is 20.2. The van der Waals surface area contributed by atoms with Crippen LogP contribution in [0.25, 0.3) is 0 Å². The van der Waals surface area contributed by atoms with Gasteiger partial charge in [-0.3, -0.25) is 0 Å². The van der Waals surface area contributed by atoms with Crippen molar-refractivity contribution in [2.24, 2.45) is 0 Å². The summed E-state index contributed by atoms with van der Waals surface area (Å²) in [4.78, 5) is 0. The monoisotopic (exact) mass is 908 g/mol. The predicted octanol–water partition coefficient (Wildman–Crippen LogP) is 19.8. The van der Waals surface area contributed by atoms with Crippen LogP contribution in [0.3, 0.4) is 0 Å². The van der Waals surface area contributed by atoms with Crippen molar-refractivity contribution in [3.63, 3.8) is 0 Å². The zero-order valence-corrected chi connectivity index (χ0v) is 50.2. The summed E-state index contributed by atoms with van der Waals surface area (Å²) in [6.07, 6.45) is 9.36. The van der Waals surface area contributed by atoms with E-state index in [0.29, 0.717) is 0 Å². The van der Waals surface area contributed by atoms with E-state index in [0.717, 1.165) is 10.6 Å². The first-order valence-electron chi connectivity index (χ1n) is 25.9. The van der Waals surface area contributed by atoms with Gasteiger partial charge in [-0.25, -0.2) is 0 Å². The SMILES string of the molecule is CCC[C]([Cr]([C](CCC)([Si](CC)(CC)CC)[Si](CC)(CC)CC)[C](CCC)([Si](CC)(CC)CC)[Si](CC)(CC)CC)([Si](CC)(CC)CC)[Si](CC)(CC)CC. The minimum absolute atomic E-state index is 0.723. The fourth-order valence-electron chi connectivity index (χ4n) is 16.5. The molecule has 0 aromatic rings. The van der Waals surface area contributed by atoms with Gasteiger partial charge >= 0.3 is 366 Å². The molecule has 0 aliphatic rings. The van der Waals surface area contributed by atoms with Crippen LogP contribution in [0.15, 0.2) is 0 Å². The van der Waals surface area contributed by atoms with E-state index >= 15 is 0 Å². The molecule has 0 aromatic heterocycles. The standard InChI is InChI=1S/3C16H37Si2.Cr/c3*1-8-15-16(17(9-2,10-3)11-4)18(12-5,13-6)14-7;/h3*8-15H2,1-7H3;. The maximum absolute atomic E-state index is 2.83. The molecule has 0 aliphatic heterocycles.